The van der Waals surface area contributed by atoms with E-state index in [1.54, 1.807) is 25.8 Å². The van der Waals surface area contributed by atoms with Crippen LogP contribution in [0.1, 0.15) is 49.2 Å². The fourth-order valence-corrected chi connectivity index (χ4v) is 4.23. The van der Waals surface area contributed by atoms with Gasteiger partial charge in [-0.3, -0.25) is 4.79 Å². The van der Waals surface area contributed by atoms with Crippen molar-refractivity contribution in [2.24, 2.45) is 0 Å². The minimum absolute atomic E-state index is 0.0460. The third-order valence-electron chi connectivity index (χ3n) is 6.11. The molecule has 0 radical (unpaired) electrons. The fourth-order valence-electron chi connectivity index (χ4n) is 4.23. The Hall–Kier alpha value is -3.23. The van der Waals surface area contributed by atoms with E-state index >= 15 is 0 Å². The third-order valence-corrected chi connectivity index (χ3v) is 6.11. The summed E-state index contributed by atoms with van der Waals surface area (Å²) in [7, 11) is 1.69. The summed E-state index contributed by atoms with van der Waals surface area (Å²) in [5.74, 6) is -1.07. The number of benzene rings is 2. The van der Waals surface area contributed by atoms with Crippen LogP contribution in [0, 0.1) is 12.7 Å². The van der Waals surface area contributed by atoms with Gasteiger partial charge in [-0.2, -0.15) is 18.3 Å². The number of hydrogen-bond acceptors (Lipinski definition) is 4. The number of anilines is 2. The molecule has 0 spiro atoms. The quantitative estimate of drug-likeness (QED) is 0.538. The first kappa shape index (κ1) is 22.0. The molecule has 168 valence electrons. The lowest BCUT2D eigenvalue weighted by Gasteiger charge is -2.20. The summed E-state index contributed by atoms with van der Waals surface area (Å²) in [4.78, 5) is 14.3. The number of likely N-dealkylation sites (N-methyl/N-ethyl adjacent to an activating group) is 1. The Morgan fingerprint density at radius 1 is 1.12 bits per heavy atom. The predicted molar refractivity (Wildman–Crippen MR) is 114 cm³/mol. The molecule has 32 heavy (non-hydrogen) atoms. The van der Waals surface area contributed by atoms with Gasteiger partial charge in [0.2, 0.25) is 5.91 Å². The molecule has 1 aliphatic heterocycles. The molecule has 5 nitrogen and oxygen atoms in total. The molecule has 1 atom stereocenters. The highest BCUT2D eigenvalue weighted by Crippen LogP contribution is 2.44. The predicted octanol–water partition coefficient (Wildman–Crippen LogP) is 5.52. The van der Waals surface area contributed by atoms with E-state index in [4.69, 9.17) is 0 Å². The molecule has 2 heterocycles. The standard InChI is InChI=1S/C23H22F4N4O/c1-11(13-7-6-8-16(19(13)24)23(25,26)27)28-20-15-10-18-17(9-14(15)12(2)29-30-20)22(3,4)21(32)31(18)5/h6-11H,1-5H3,(H,28,30)/t11-/m1/s1. The number of hydrogen-bond donors (Lipinski definition) is 1. The van der Waals surface area contributed by atoms with Gasteiger partial charge >= 0.3 is 6.18 Å². The van der Waals surface area contributed by atoms with Gasteiger partial charge in [0.25, 0.3) is 0 Å². The second-order valence-corrected chi connectivity index (χ2v) is 8.61. The molecule has 3 aromatic rings. The number of nitrogens with one attached hydrogen (secondary N) is 1. The van der Waals surface area contributed by atoms with Gasteiger partial charge in [-0.15, -0.1) is 5.10 Å². The Bertz CT molecular complexity index is 1250. The Morgan fingerprint density at radius 3 is 2.47 bits per heavy atom. The van der Waals surface area contributed by atoms with Crippen molar-refractivity contribution in [3.8, 4) is 0 Å². The van der Waals surface area contributed by atoms with Crippen molar-refractivity contribution in [3.05, 3.63) is 58.5 Å². The van der Waals surface area contributed by atoms with Crippen molar-refractivity contribution >= 4 is 28.2 Å². The number of carbonyl (C=O) groups is 1. The molecular weight excluding hydrogens is 424 g/mol. The van der Waals surface area contributed by atoms with Crippen LogP contribution in [0.3, 0.4) is 0 Å². The molecule has 0 aliphatic carbocycles. The number of rotatable bonds is 3. The average Bonchev–Trinajstić information content (AvgIpc) is 2.88. The number of aryl methyl sites for hydroxylation is 1. The lowest BCUT2D eigenvalue weighted by Crippen LogP contribution is -2.33. The number of fused-ring (bicyclic) bond motifs is 2. The van der Waals surface area contributed by atoms with Crippen LogP contribution in [0.25, 0.3) is 10.8 Å². The Balaban J connectivity index is 1.81. The Kier molecular flexibility index (Phi) is 4.91. The smallest absolute Gasteiger partial charge is 0.361 e. The monoisotopic (exact) mass is 446 g/mol. The van der Waals surface area contributed by atoms with Gasteiger partial charge in [-0.05, 0) is 51.5 Å². The number of carbonyl (C=O) groups excluding carboxylic acids is 1. The molecule has 1 amide bonds. The topological polar surface area (TPSA) is 58.1 Å². The third kappa shape index (κ3) is 3.27. The maximum Gasteiger partial charge on any atom is 0.419 e. The number of halogens is 4. The van der Waals surface area contributed by atoms with E-state index in [0.717, 1.165) is 16.6 Å². The first-order valence-corrected chi connectivity index (χ1v) is 10.1. The van der Waals surface area contributed by atoms with Crippen LogP contribution >= 0.6 is 0 Å². The normalized spacial score (nSPS) is 16.4. The first-order valence-electron chi connectivity index (χ1n) is 10.1. The van der Waals surface area contributed by atoms with Crippen molar-refractivity contribution < 1.29 is 22.4 Å². The van der Waals surface area contributed by atoms with Crippen LogP contribution in [0.4, 0.5) is 29.1 Å². The van der Waals surface area contributed by atoms with Crippen molar-refractivity contribution in [3.63, 3.8) is 0 Å². The second-order valence-electron chi connectivity index (χ2n) is 8.61. The van der Waals surface area contributed by atoms with Gasteiger partial charge in [0.1, 0.15) is 5.82 Å². The molecule has 4 rings (SSSR count). The molecular formula is C23H22F4N4O. The van der Waals surface area contributed by atoms with Crippen molar-refractivity contribution in [2.75, 3.05) is 17.3 Å². The van der Waals surface area contributed by atoms with Crippen molar-refractivity contribution in [1.82, 2.24) is 10.2 Å². The summed E-state index contributed by atoms with van der Waals surface area (Å²) >= 11 is 0. The highest BCUT2D eigenvalue weighted by Gasteiger charge is 2.42. The van der Waals surface area contributed by atoms with Crippen LogP contribution in [-0.2, 0) is 16.4 Å². The zero-order valence-electron chi connectivity index (χ0n) is 18.2. The van der Waals surface area contributed by atoms with E-state index in [1.165, 1.54) is 12.1 Å². The fraction of sp³-hybridized carbons (Fsp3) is 0.348. The summed E-state index contributed by atoms with van der Waals surface area (Å²) in [6.45, 7) is 7.04. The molecule has 0 fully saturated rings. The first-order chi connectivity index (χ1) is 14.8. The molecule has 0 unspecified atom stereocenters. The lowest BCUT2D eigenvalue weighted by molar-refractivity contribution is -0.140. The molecule has 1 aromatic heterocycles. The van der Waals surface area contributed by atoms with Crippen molar-refractivity contribution in [2.45, 2.75) is 45.3 Å². The van der Waals surface area contributed by atoms with E-state index in [-0.39, 0.29) is 11.5 Å². The highest BCUT2D eigenvalue weighted by molar-refractivity contribution is 6.10. The molecule has 0 bridgehead atoms. The largest absolute Gasteiger partial charge is 0.419 e. The average molecular weight is 446 g/mol. The van der Waals surface area contributed by atoms with E-state index < -0.39 is 29.0 Å². The number of aromatic nitrogens is 2. The molecule has 1 aliphatic rings. The van der Waals surface area contributed by atoms with Gasteiger partial charge < -0.3 is 10.2 Å². The summed E-state index contributed by atoms with van der Waals surface area (Å²) in [5, 5.41) is 12.7. The zero-order valence-corrected chi connectivity index (χ0v) is 18.2. The zero-order chi connectivity index (χ0) is 23.6. The van der Waals surface area contributed by atoms with E-state index in [9.17, 15) is 22.4 Å². The summed E-state index contributed by atoms with van der Waals surface area (Å²) < 4.78 is 54.0. The molecule has 1 N–H and O–H groups in total. The van der Waals surface area contributed by atoms with E-state index in [0.29, 0.717) is 23.0 Å². The maximum absolute atomic E-state index is 14.6. The van der Waals surface area contributed by atoms with Gasteiger partial charge in [0.05, 0.1) is 22.7 Å². The van der Waals surface area contributed by atoms with Crippen LogP contribution in [0.2, 0.25) is 0 Å². The number of nitrogens with zero attached hydrogens (tertiary/aromatic N) is 3. The summed E-state index contributed by atoms with van der Waals surface area (Å²) in [6.07, 6.45) is -4.79. The van der Waals surface area contributed by atoms with Crippen LogP contribution in [-0.4, -0.2) is 23.2 Å². The van der Waals surface area contributed by atoms with Gasteiger partial charge in [-0.1, -0.05) is 12.1 Å². The lowest BCUT2D eigenvalue weighted by atomic mass is 9.85. The Labute approximate surface area is 182 Å². The van der Waals surface area contributed by atoms with Crippen LogP contribution in [0.15, 0.2) is 30.3 Å². The minimum Gasteiger partial charge on any atom is -0.361 e. The molecule has 0 saturated heterocycles. The molecule has 0 saturated carbocycles. The SMILES string of the molecule is Cc1nnc(N[C@H](C)c2cccc(C(F)(F)F)c2F)c2cc3c(cc12)C(C)(C)C(=O)N3C. The van der Waals surface area contributed by atoms with E-state index in [2.05, 4.69) is 15.5 Å². The number of amides is 1. The molecule has 2 aromatic carbocycles. The summed E-state index contributed by atoms with van der Waals surface area (Å²) in [6, 6.07) is 6.09. The van der Waals surface area contributed by atoms with E-state index in [1.807, 2.05) is 26.0 Å². The number of alkyl halides is 3. The van der Waals surface area contributed by atoms with Gasteiger partial charge in [0, 0.05) is 29.1 Å². The van der Waals surface area contributed by atoms with Crippen LogP contribution in [0.5, 0.6) is 0 Å². The van der Waals surface area contributed by atoms with Crippen LogP contribution < -0.4 is 10.2 Å². The molecule has 9 heteroatoms. The van der Waals surface area contributed by atoms with Crippen molar-refractivity contribution in [1.29, 1.82) is 0 Å². The minimum atomic E-state index is -4.79. The van der Waals surface area contributed by atoms with Gasteiger partial charge in [-0.25, -0.2) is 4.39 Å². The summed E-state index contributed by atoms with van der Waals surface area (Å²) in [5.41, 5.74) is 0.0748. The highest BCUT2D eigenvalue weighted by atomic mass is 19.4. The Morgan fingerprint density at radius 2 is 1.81 bits per heavy atom. The van der Waals surface area contributed by atoms with Gasteiger partial charge in [0.15, 0.2) is 5.82 Å². The maximum atomic E-state index is 14.6. The second kappa shape index (κ2) is 7.15.